The monoisotopic (exact) mass is 139 g/mol. The standard InChI is InChI=1S/C9H17N/c1-2-9-4-3-8-5-6-10(9)7-8/h8-9H,2-7H2,1H3. The molecule has 0 amide bonds. The number of rotatable bonds is 1. The highest BCUT2D eigenvalue weighted by atomic mass is 15.2. The van der Waals surface area contributed by atoms with Crippen LogP contribution in [-0.4, -0.2) is 24.0 Å². The highest BCUT2D eigenvalue weighted by molar-refractivity contribution is 4.86. The molecule has 2 aliphatic rings. The molecule has 58 valence electrons. The first-order valence-electron chi connectivity index (χ1n) is 4.64. The largest absolute Gasteiger partial charge is 0.300 e. The summed E-state index contributed by atoms with van der Waals surface area (Å²) in [5, 5.41) is 0. The van der Waals surface area contributed by atoms with Gasteiger partial charge in [-0.3, -0.25) is 0 Å². The summed E-state index contributed by atoms with van der Waals surface area (Å²) in [6.45, 7) is 5.13. The lowest BCUT2D eigenvalue weighted by molar-refractivity contribution is 0.176. The van der Waals surface area contributed by atoms with E-state index >= 15 is 0 Å². The van der Waals surface area contributed by atoms with E-state index < -0.39 is 0 Å². The van der Waals surface area contributed by atoms with E-state index in [2.05, 4.69) is 11.8 Å². The topological polar surface area (TPSA) is 3.24 Å². The zero-order valence-corrected chi connectivity index (χ0v) is 6.84. The highest BCUT2D eigenvalue weighted by Gasteiger charge is 2.31. The van der Waals surface area contributed by atoms with Crippen LogP contribution in [0.25, 0.3) is 0 Å². The van der Waals surface area contributed by atoms with Crippen molar-refractivity contribution in [3.8, 4) is 0 Å². The van der Waals surface area contributed by atoms with Gasteiger partial charge in [-0.15, -0.1) is 0 Å². The van der Waals surface area contributed by atoms with Gasteiger partial charge >= 0.3 is 0 Å². The lowest BCUT2D eigenvalue weighted by atomic mass is 9.95. The van der Waals surface area contributed by atoms with Gasteiger partial charge in [-0.05, 0) is 38.1 Å². The van der Waals surface area contributed by atoms with E-state index in [1.165, 1.54) is 38.8 Å². The van der Waals surface area contributed by atoms with Gasteiger partial charge in [0.1, 0.15) is 0 Å². The molecule has 0 aromatic carbocycles. The summed E-state index contributed by atoms with van der Waals surface area (Å²) in [6, 6.07) is 0.943. The third-order valence-corrected chi connectivity index (χ3v) is 3.21. The van der Waals surface area contributed by atoms with Crippen LogP contribution < -0.4 is 0 Å². The fourth-order valence-electron chi connectivity index (χ4n) is 2.50. The van der Waals surface area contributed by atoms with Crippen molar-refractivity contribution in [2.75, 3.05) is 13.1 Å². The molecule has 0 aromatic rings. The molecule has 2 heterocycles. The van der Waals surface area contributed by atoms with E-state index in [1.54, 1.807) is 0 Å². The molecule has 10 heavy (non-hydrogen) atoms. The minimum absolute atomic E-state index is 0.943. The predicted octanol–water partition coefficient (Wildman–Crippen LogP) is 1.88. The summed E-state index contributed by atoms with van der Waals surface area (Å²) in [7, 11) is 0. The molecule has 0 N–H and O–H groups in total. The van der Waals surface area contributed by atoms with E-state index in [9.17, 15) is 0 Å². The molecule has 0 radical (unpaired) electrons. The Kier molecular flexibility index (Phi) is 1.69. The second kappa shape index (κ2) is 2.54. The van der Waals surface area contributed by atoms with Crippen molar-refractivity contribution in [3.05, 3.63) is 0 Å². The lowest BCUT2D eigenvalue weighted by Crippen LogP contribution is -2.36. The lowest BCUT2D eigenvalue weighted by Gasteiger charge is -2.31. The van der Waals surface area contributed by atoms with Gasteiger partial charge in [0.2, 0.25) is 0 Å². The van der Waals surface area contributed by atoms with Gasteiger partial charge in [0.15, 0.2) is 0 Å². The predicted molar refractivity (Wildman–Crippen MR) is 43.0 cm³/mol. The Morgan fingerprint density at radius 2 is 2.20 bits per heavy atom. The molecule has 1 nitrogen and oxygen atoms in total. The summed E-state index contributed by atoms with van der Waals surface area (Å²) in [5.41, 5.74) is 0. The molecule has 1 heteroatoms. The molecule has 0 aromatic heterocycles. The first kappa shape index (κ1) is 6.66. The average Bonchev–Trinajstić information content (AvgIpc) is 2.34. The second-order valence-corrected chi connectivity index (χ2v) is 3.79. The molecule has 2 aliphatic heterocycles. The van der Waals surface area contributed by atoms with Gasteiger partial charge in [0.05, 0.1) is 0 Å². The summed E-state index contributed by atoms with van der Waals surface area (Å²) >= 11 is 0. The van der Waals surface area contributed by atoms with Gasteiger partial charge in [-0.1, -0.05) is 6.92 Å². The number of hydrogen-bond acceptors (Lipinski definition) is 1. The van der Waals surface area contributed by atoms with Gasteiger partial charge in [0, 0.05) is 12.6 Å². The van der Waals surface area contributed by atoms with Gasteiger partial charge < -0.3 is 4.90 Å². The highest BCUT2D eigenvalue weighted by Crippen LogP contribution is 2.31. The number of nitrogens with zero attached hydrogens (tertiary/aromatic N) is 1. The molecule has 0 saturated carbocycles. The van der Waals surface area contributed by atoms with Gasteiger partial charge in [0.25, 0.3) is 0 Å². The van der Waals surface area contributed by atoms with Crippen LogP contribution in [0.2, 0.25) is 0 Å². The van der Waals surface area contributed by atoms with E-state index in [0.717, 1.165) is 12.0 Å². The average molecular weight is 139 g/mol. The molecule has 2 rings (SSSR count). The van der Waals surface area contributed by atoms with Crippen LogP contribution >= 0.6 is 0 Å². The molecule has 2 saturated heterocycles. The van der Waals surface area contributed by atoms with E-state index in [4.69, 9.17) is 0 Å². The maximum Gasteiger partial charge on any atom is 0.00928 e. The Bertz CT molecular complexity index is 122. The van der Waals surface area contributed by atoms with E-state index in [1.807, 2.05) is 0 Å². The fourth-order valence-corrected chi connectivity index (χ4v) is 2.50. The van der Waals surface area contributed by atoms with Gasteiger partial charge in [-0.25, -0.2) is 0 Å². The SMILES string of the molecule is CCC1CCC2CCN1C2. The van der Waals surface area contributed by atoms with Crippen molar-refractivity contribution in [2.24, 2.45) is 5.92 Å². The van der Waals surface area contributed by atoms with Crippen molar-refractivity contribution >= 4 is 0 Å². The molecule has 0 aliphatic carbocycles. The van der Waals surface area contributed by atoms with Crippen molar-refractivity contribution in [3.63, 3.8) is 0 Å². The fraction of sp³-hybridized carbons (Fsp3) is 1.00. The minimum Gasteiger partial charge on any atom is -0.300 e. The molecular weight excluding hydrogens is 122 g/mol. The van der Waals surface area contributed by atoms with Crippen LogP contribution in [0.3, 0.4) is 0 Å². The van der Waals surface area contributed by atoms with Crippen molar-refractivity contribution in [2.45, 2.75) is 38.6 Å². The molecular formula is C9H17N. The normalized spacial score (nSPS) is 45.9. The maximum absolute atomic E-state index is 2.69. The third kappa shape index (κ3) is 0.968. The molecule has 3 atom stereocenters. The number of hydrogen-bond donors (Lipinski definition) is 0. The zero-order chi connectivity index (χ0) is 6.97. The quantitative estimate of drug-likeness (QED) is 0.536. The summed E-state index contributed by atoms with van der Waals surface area (Å²) < 4.78 is 0. The first-order valence-corrected chi connectivity index (χ1v) is 4.64. The van der Waals surface area contributed by atoms with Crippen LogP contribution in [0, 0.1) is 5.92 Å². The smallest absolute Gasteiger partial charge is 0.00928 e. The van der Waals surface area contributed by atoms with Crippen LogP contribution in [-0.2, 0) is 0 Å². The van der Waals surface area contributed by atoms with Crippen LogP contribution in [0.15, 0.2) is 0 Å². The molecule has 0 spiro atoms. The third-order valence-electron chi connectivity index (χ3n) is 3.21. The Labute approximate surface area is 63.4 Å². The van der Waals surface area contributed by atoms with Crippen LogP contribution in [0.1, 0.15) is 32.6 Å². The first-order chi connectivity index (χ1) is 4.90. The molecule has 2 fully saturated rings. The minimum atomic E-state index is 0.943. The van der Waals surface area contributed by atoms with Crippen LogP contribution in [0.4, 0.5) is 0 Å². The summed E-state index contributed by atoms with van der Waals surface area (Å²) in [4.78, 5) is 2.69. The maximum atomic E-state index is 2.69. The van der Waals surface area contributed by atoms with E-state index in [-0.39, 0.29) is 0 Å². The number of fused-ring (bicyclic) bond motifs is 2. The second-order valence-electron chi connectivity index (χ2n) is 3.79. The van der Waals surface area contributed by atoms with E-state index in [0.29, 0.717) is 0 Å². The zero-order valence-electron chi connectivity index (χ0n) is 6.84. The molecule has 3 unspecified atom stereocenters. The Morgan fingerprint density at radius 3 is 3.00 bits per heavy atom. The van der Waals surface area contributed by atoms with Crippen LogP contribution in [0.5, 0.6) is 0 Å². The summed E-state index contributed by atoms with van der Waals surface area (Å²) in [6.07, 6.45) is 5.83. The van der Waals surface area contributed by atoms with Gasteiger partial charge in [-0.2, -0.15) is 0 Å². The number of piperidine rings is 1. The summed E-state index contributed by atoms with van der Waals surface area (Å²) in [5.74, 6) is 1.07. The Morgan fingerprint density at radius 1 is 1.30 bits per heavy atom. The molecule has 2 bridgehead atoms. The van der Waals surface area contributed by atoms with Crippen molar-refractivity contribution < 1.29 is 0 Å². The Hall–Kier alpha value is -0.0400. The Balaban J connectivity index is 2.00. The van der Waals surface area contributed by atoms with Crippen molar-refractivity contribution in [1.29, 1.82) is 0 Å². The van der Waals surface area contributed by atoms with Crippen molar-refractivity contribution in [1.82, 2.24) is 4.90 Å².